The van der Waals surface area contributed by atoms with Gasteiger partial charge in [-0.1, -0.05) is 68.8 Å². The van der Waals surface area contributed by atoms with Crippen molar-refractivity contribution in [1.82, 2.24) is 4.90 Å². The number of likely N-dealkylation sites (tertiary alicyclic amines) is 1. The zero-order valence-corrected chi connectivity index (χ0v) is 23.5. The summed E-state index contributed by atoms with van der Waals surface area (Å²) in [4.78, 5) is 29.4. The molecule has 208 valence electrons. The van der Waals surface area contributed by atoms with Crippen molar-refractivity contribution < 1.29 is 19.1 Å². The van der Waals surface area contributed by atoms with E-state index in [1.165, 1.54) is 6.07 Å². The molecule has 39 heavy (non-hydrogen) atoms. The highest BCUT2D eigenvalue weighted by Crippen LogP contribution is 2.36. The van der Waals surface area contributed by atoms with Gasteiger partial charge < -0.3 is 15.3 Å². The molecule has 1 fully saturated rings. The van der Waals surface area contributed by atoms with Gasteiger partial charge in [0.15, 0.2) is 0 Å². The van der Waals surface area contributed by atoms with Crippen LogP contribution in [0.2, 0.25) is 0 Å². The molecule has 5 nitrogen and oxygen atoms in total. The fourth-order valence-corrected chi connectivity index (χ4v) is 5.82. The number of aliphatic hydroxyl groups is 1. The minimum absolute atomic E-state index is 0.0537. The van der Waals surface area contributed by atoms with E-state index in [0.717, 1.165) is 23.2 Å². The second-order valence-corrected chi connectivity index (χ2v) is 11.9. The van der Waals surface area contributed by atoms with E-state index >= 15 is 0 Å². The number of nitrogens with zero attached hydrogens (tertiary/aromatic N) is 1. The Kier molecular flexibility index (Phi) is 9.06. The fraction of sp³-hybridized carbons (Fsp3) is 0.455. The van der Waals surface area contributed by atoms with Gasteiger partial charge in [-0.2, -0.15) is 0 Å². The highest BCUT2D eigenvalue weighted by molar-refractivity contribution is 5.98. The summed E-state index contributed by atoms with van der Waals surface area (Å²) < 4.78 is 14.9. The van der Waals surface area contributed by atoms with Crippen LogP contribution in [0.4, 0.5) is 10.1 Å². The summed E-state index contributed by atoms with van der Waals surface area (Å²) >= 11 is 0. The van der Waals surface area contributed by atoms with Crippen molar-refractivity contribution in [3.05, 3.63) is 88.8 Å². The van der Waals surface area contributed by atoms with Crippen molar-refractivity contribution in [1.29, 1.82) is 0 Å². The van der Waals surface area contributed by atoms with Gasteiger partial charge in [-0.25, -0.2) is 4.39 Å². The molecule has 0 radical (unpaired) electrons. The maximum atomic E-state index is 14.9. The van der Waals surface area contributed by atoms with Crippen molar-refractivity contribution >= 4 is 17.5 Å². The Morgan fingerprint density at radius 1 is 1.15 bits per heavy atom. The van der Waals surface area contributed by atoms with Gasteiger partial charge in [0.2, 0.25) is 5.91 Å². The van der Waals surface area contributed by atoms with E-state index in [1.54, 1.807) is 24.0 Å². The average Bonchev–Trinajstić information content (AvgIpc) is 2.91. The molecule has 0 saturated carbocycles. The van der Waals surface area contributed by atoms with Crippen LogP contribution in [0.25, 0.3) is 0 Å². The molecule has 2 aromatic carbocycles. The lowest BCUT2D eigenvalue weighted by Gasteiger charge is -2.44. The Hall–Kier alpha value is -3.25. The lowest BCUT2D eigenvalue weighted by atomic mass is 9.76. The molecule has 1 heterocycles. The van der Waals surface area contributed by atoms with E-state index in [9.17, 15) is 19.1 Å². The van der Waals surface area contributed by atoms with Crippen LogP contribution in [0.5, 0.6) is 0 Å². The Bertz CT molecular complexity index is 1240. The van der Waals surface area contributed by atoms with Crippen molar-refractivity contribution in [3.8, 4) is 0 Å². The number of nitrogens with one attached hydrogen (secondary N) is 1. The van der Waals surface area contributed by atoms with Gasteiger partial charge in [-0.15, -0.1) is 0 Å². The van der Waals surface area contributed by atoms with Gasteiger partial charge >= 0.3 is 0 Å². The molecular formula is C33H41FN2O3. The van der Waals surface area contributed by atoms with Gasteiger partial charge in [0.25, 0.3) is 5.91 Å². The van der Waals surface area contributed by atoms with Gasteiger partial charge in [0.05, 0.1) is 17.5 Å². The predicted octanol–water partition coefficient (Wildman–Crippen LogP) is 6.57. The predicted molar refractivity (Wildman–Crippen MR) is 154 cm³/mol. The molecule has 2 unspecified atom stereocenters. The summed E-state index contributed by atoms with van der Waals surface area (Å²) in [5.74, 6) is -1.51. The first-order valence-electron chi connectivity index (χ1n) is 14.1. The number of aryl methyl sites for hydroxylation is 1. The van der Waals surface area contributed by atoms with Crippen molar-refractivity contribution in [2.75, 3.05) is 18.5 Å². The molecule has 1 saturated heterocycles. The normalized spacial score (nSPS) is 21.4. The SMILES string of the molecule is Cc1cccc(F)c1C(=O)N1CCCC(C(=O)Nc2cccc(C(C)(C)C)c2)[C@@H]1C1C=CC(CCCO)=CC1. The summed E-state index contributed by atoms with van der Waals surface area (Å²) in [6, 6.07) is 12.2. The van der Waals surface area contributed by atoms with E-state index in [4.69, 9.17) is 0 Å². The number of aliphatic hydroxyl groups excluding tert-OH is 1. The van der Waals surface area contributed by atoms with E-state index in [1.807, 2.05) is 18.2 Å². The van der Waals surface area contributed by atoms with Crippen LogP contribution in [-0.2, 0) is 10.2 Å². The van der Waals surface area contributed by atoms with E-state index < -0.39 is 17.8 Å². The van der Waals surface area contributed by atoms with Gasteiger partial charge in [-0.05, 0) is 73.8 Å². The summed E-state index contributed by atoms with van der Waals surface area (Å²) in [5, 5.41) is 12.3. The molecule has 2 aromatic rings. The summed E-state index contributed by atoms with van der Waals surface area (Å²) in [6.07, 6.45) is 9.79. The molecule has 3 atom stereocenters. The highest BCUT2D eigenvalue weighted by atomic mass is 19.1. The lowest BCUT2D eigenvalue weighted by Crippen LogP contribution is -2.55. The molecule has 0 aromatic heterocycles. The van der Waals surface area contributed by atoms with E-state index in [2.05, 4.69) is 50.4 Å². The smallest absolute Gasteiger partial charge is 0.257 e. The highest BCUT2D eigenvalue weighted by Gasteiger charge is 2.43. The number of hydrogen-bond acceptors (Lipinski definition) is 3. The fourth-order valence-electron chi connectivity index (χ4n) is 5.82. The molecule has 4 rings (SSSR count). The molecule has 0 spiro atoms. The maximum Gasteiger partial charge on any atom is 0.257 e. The Balaban J connectivity index is 1.65. The van der Waals surface area contributed by atoms with Crippen molar-refractivity contribution in [2.45, 2.75) is 71.3 Å². The molecule has 2 amide bonds. The topological polar surface area (TPSA) is 69.6 Å². The molecular weight excluding hydrogens is 491 g/mol. The summed E-state index contributed by atoms with van der Waals surface area (Å²) in [6.45, 7) is 8.77. The minimum Gasteiger partial charge on any atom is -0.396 e. The lowest BCUT2D eigenvalue weighted by molar-refractivity contribution is -0.123. The van der Waals surface area contributed by atoms with Crippen LogP contribution in [0, 0.1) is 24.6 Å². The largest absolute Gasteiger partial charge is 0.396 e. The van der Waals surface area contributed by atoms with Crippen LogP contribution in [-0.4, -0.2) is 41.0 Å². The number of rotatable bonds is 7. The minimum atomic E-state index is -0.533. The zero-order valence-electron chi connectivity index (χ0n) is 23.5. The molecule has 2 N–H and O–H groups in total. The number of carbonyl (C=O) groups excluding carboxylic acids is 2. The van der Waals surface area contributed by atoms with Crippen molar-refractivity contribution in [2.24, 2.45) is 11.8 Å². The first-order chi connectivity index (χ1) is 18.6. The maximum absolute atomic E-state index is 14.9. The molecule has 1 aliphatic heterocycles. The number of anilines is 1. The van der Waals surface area contributed by atoms with Gasteiger partial charge in [0.1, 0.15) is 5.82 Å². The third-order valence-corrected chi connectivity index (χ3v) is 7.99. The monoisotopic (exact) mass is 532 g/mol. The first-order valence-corrected chi connectivity index (χ1v) is 14.1. The molecule has 2 aliphatic rings. The molecule has 6 heteroatoms. The Morgan fingerprint density at radius 2 is 1.92 bits per heavy atom. The summed E-state index contributed by atoms with van der Waals surface area (Å²) in [7, 11) is 0. The van der Waals surface area contributed by atoms with Crippen LogP contribution < -0.4 is 5.32 Å². The second-order valence-electron chi connectivity index (χ2n) is 11.9. The van der Waals surface area contributed by atoms with E-state index in [-0.39, 0.29) is 35.3 Å². The van der Waals surface area contributed by atoms with Crippen LogP contribution in [0.15, 0.2) is 66.3 Å². The first kappa shape index (κ1) is 28.8. The number of halogens is 1. The zero-order chi connectivity index (χ0) is 28.2. The number of allylic oxidation sites excluding steroid dienone is 3. The average molecular weight is 533 g/mol. The number of piperidine rings is 1. The van der Waals surface area contributed by atoms with Crippen LogP contribution in [0.3, 0.4) is 0 Å². The third kappa shape index (κ3) is 6.67. The van der Waals surface area contributed by atoms with Gasteiger partial charge in [-0.3, -0.25) is 9.59 Å². The number of hydrogen-bond donors (Lipinski definition) is 2. The molecule has 0 bridgehead atoms. The van der Waals surface area contributed by atoms with Crippen LogP contribution in [0.1, 0.15) is 74.4 Å². The number of benzene rings is 2. The quantitative estimate of drug-likeness (QED) is 0.424. The standard InChI is InChI=1S/C33H41FN2O3/c1-22-9-5-14-28(34)29(22)32(39)36-19-7-13-27(30(36)24-17-15-23(16-18-24)10-8-20-37)31(38)35-26-12-6-11-25(21-26)33(2,3)4/h5-6,9,11-12,14-17,21,24,27,30,37H,7-8,10,13,18-20H2,1-4H3,(H,35,38)/t24?,27?,30-/m0/s1. The summed E-state index contributed by atoms with van der Waals surface area (Å²) in [5.41, 5.74) is 3.64. The van der Waals surface area contributed by atoms with E-state index in [0.29, 0.717) is 37.8 Å². The Morgan fingerprint density at radius 3 is 2.59 bits per heavy atom. The Labute approximate surface area is 231 Å². The van der Waals surface area contributed by atoms with Crippen molar-refractivity contribution in [3.63, 3.8) is 0 Å². The number of amides is 2. The second kappa shape index (κ2) is 12.3. The van der Waals surface area contributed by atoms with Crippen LogP contribution >= 0.6 is 0 Å². The third-order valence-electron chi connectivity index (χ3n) is 7.99. The number of carbonyl (C=O) groups is 2. The van der Waals surface area contributed by atoms with Gasteiger partial charge in [0, 0.05) is 24.8 Å². The molecule has 1 aliphatic carbocycles.